The molecule has 5 nitrogen and oxygen atoms in total. The second-order valence-corrected chi connectivity index (χ2v) is 6.40. The molecule has 24 heavy (non-hydrogen) atoms. The average molecular weight is 317 g/mol. The van der Waals surface area contributed by atoms with Crippen LogP contribution in [0.1, 0.15) is 37.1 Å². The number of rotatable bonds is 3. The quantitative estimate of drug-likeness (QED) is 0.752. The van der Waals surface area contributed by atoms with Gasteiger partial charge < -0.3 is 9.88 Å². The number of fused-ring (bicyclic) bond motifs is 1. The molecule has 1 aliphatic heterocycles. The van der Waals surface area contributed by atoms with Gasteiger partial charge >= 0.3 is 0 Å². The molecular formula is C18H20BN5. The van der Waals surface area contributed by atoms with Gasteiger partial charge in [0.15, 0.2) is 0 Å². The minimum atomic E-state index is 0.449. The summed E-state index contributed by atoms with van der Waals surface area (Å²) in [5.74, 6) is 2.35. The van der Waals surface area contributed by atoms with Crippen molar-refractivity contribution in [3.05, 3.63) is 42.0 Å². The van der Waals surface area contributed by atoms with Crippen LogP contribution in [0, 0.1) is 0 Å². The molecule has 4 rings (SSSR count). The van der Waals surface area contributed by atoms with Gasteiger partial charge in [-0.15, -0.1) is 0 Å². The van der Waals surface area contributed by atoms with Gasteiger partial charge in [-0.25, -0.2) is 15.0 Å². The molecule has 0 saturated carbocycles. The first-order valence-electron chi connectivity index (χ1n) is 8.54. The van der Waals surface area contributed by atoms with E-state index in [1.165, 1.54) is 5.56 Å². The highest BCUT2D eigenvalue weighted by atomic mass is 15.2. The number of hydrogen-bond donors (Lipinski definition) is 1. The molecular weight excluding hydrogens is 297 g/mol. The van der Waals surface area contributed by atoms with E-state index in [4.69, 9.17) is 12.8 Å². The maximum Gasteiger partial charge on any atom is 0.225 e. The largest absolute Gasteiger partial charge is 0.342 e. The van der Waals surface area contributed by atoms with Crippen molar-refractivity contribution in [2.45, 2.75) is 32.1 Å². The van der Waals surface area contributed by atoms with Gasteiger partial charge in [0.1, 0.15) is 13.7 Å². The van der Waals surface area contributed by atoms with Gasteiger partial charge in [-0.2, -0.15) is 0 Å². The Bertz CT molecular complexity index is 834. The summed E-state index contributed by atoms with van der Waals surface area (Å²) in [6.07, 6.45) is 6.93. The van der Waals surface area contributed by atoms with E-state index in [1.54, 1.807) is 0 Å². The summed E-state index contributed by atoms with van der Waals surface area (Å²) < 4.78 is 0. The molecule has 3 aromatic rings. The first kappa shape index (κ1) is 15.2. The number of nitrogens with one attached hydrogen (secondary N) is 1. The Morgan fingerprint density at radius 3 is 2.67 bits per heavy atom. The van der Waals surface area contributed by atoms with Crippen LogP contribution < -0.4 is 10.4 Å². The number of piperidine rings is 1. The average Bonchev–Trinajstić information content (AvgIpc) is 3.05. The highest BCUT2D eigenvalue weighted by Crippen LogP contribution is 2.28. The van der Waals surface area contributed by atoms with Crippen molar-refractivity contribution in [2.24, 2.45) is 0 Å². The predicted molar refractivity (Wildman–Crippen MR) is 97.1 cm³/mol. The van der Waals surface area contributed by atoms with Crippen LogP contribution in [0.4, 0.5) is 5.95 Å². The Balaban J connectivity index is 1.46. The van der Waals surface area contributed by atoms with Gasteiger partial charge in [0.2, 0.25) is 5.95 Å². The minimum absolute atomic E-state index is 0.449. The van der Waals surface area contributed by atoms with Crippen molar-refractivity contribution >= 4 is 30.3 Å². The number of nitrogens with zero attached hydrogens (tertiary/aromatic N) is 4. The first-order chi connectivity index (χ1) is 11.7. The third kappa shape index (κ3) is 2.88. The van der Waals surface area contributed by atoms with Crippen LogP contribution in [0.5, 0.6) is 0 Å². The summed E-state index contributed by atoms with van der Waals surface area (Å²) in [6.45, 7) is 4.02. The zero-order valence-corrected chi connectivity index (χ0v) is 13.9. The third-order valence-corrected chi connectivity index (χ3v) is 4.79. The Hall–Kier alpha value is -2.37. The third-order valence-electron chi connectivity index (χ3n) is 4.79. The summed E-state index contributed by atoms with van der Waals surface area (Å²) in [5, 5.41) is 0. The van der Waals surface area contributed by atoms with Crippen molar-refractivity contribution in [1.82, 2.24) is 19.9 Å². The van der Waals surface area contributed by atoms with E-state index >= 15 is 0 Å². The summed E-state index contributed by atoms with van der Waals surface area (Å²) in [5.41, 5.74) is 3.95. The van der Waals surface area contributed by atoms with Crippen molar-refractivity contribution < 1.29 is 0 Å². The van der Waals surface area contributed by atoms with Crippen LogP contribution in [0.3, 0.4) is 0 Å². The molecule has 0 spiro atoms. The van der Waals surface area contributed by atoms with Gasteiger partial charge in [-0.05, 0) is 37.0 Å². The Morgan fingerprint density at radius 2 is 1.96 bits per heavy atom. The van der Waals surface area contributed by atoms with Crippen LogP contribution in [0.15, 0.2) is 30.6 Å². The number of H-pyrrole nitrogens is 1. The van der Waals surface area contributed by atoms with Crippen LogP contribution in [0.25, 0.3) is 11.0 Å². The van der Waals surface area contributed by atoms with Gasteiger partial charge in [0, 0.05) is 31.4 Å². The Morgan fingerprint density at radius 1 is 1.21 bits per heavy atom. The highest BCUT2D eigenvalue weighted by Gasteiger charge is 2.24. The maximum absolute atomic E-state index is 5.85. The number of aromatic amines is 1. The lowest BCUT2D eigenvalue weighted by Gasteiger charge is -2.31. The second kappa shape index (κ2) is 6.26. The van der Waals surface area contributed by atoms with Crippen LogP contribution in [-0.2, 0) is 6.42 Å². The summed E-state index contributed by atoms with van der Waals surface area (Å²) in [4.78, 5) is 19.4. The molecule has 0 unspecified atom stereocenters. The van der Waals surface area contributed by atoms with Gasteiger partial charge in [0.05, 0.1) is 11.0 Å². The van der Waals surface area contributed by atoms with Gasteiger partial charge in [-0.1, -0.05) is 18.5 Å². The number of imidazole rings is 1. The fraction of sp³-hybridized carbons (Fsp3) is 0.389. The lowest BCUT2D eigenvalue weighted by atomic mass is 9.96. The van der Waals surface area contributed by atoms with Crippen molar-refractivity contribution in [2.75, 3.05) is 18.0 Å². The highest BCUT2D eigenvalue weighted by molar-refractivity contribution is 6.33. The molecule has 0 atom stereocenters. The van der Waals surface area contributed by atoms with Gasteiger partial charge in [-0.3, -0.25) is 0 Å². The molecule has 1 fully saturated rings. The molecule has 2 aromatic heterocycles. The fourth-order valence-electron chi connectivity index (χ4n) is 3.29. The normalized spacial score (nSPS) is 16.0. The summed E-state index contributed by atoms with van der Waals surface area (Å²) in [6, 6.07) is 5.82. The topological polar surface area (TPSA) is 57.7 Å². The smallest absolute Gasteiger partial charge is 0.225 e. The molecule has 0 aliphatic carbocycles. The molecule has 1 aliphatic rings. The summed E-state index contributed by atoms with van der Waals surface area (Å²) >= 11 is 0. The zero-order chi connectivity index (χ0) is 16.5. The number of anilines is 1. The molecule has 120 valence electrons. The van der Waals surface area contributed by atoms with Gasteiger partial charge in [0.25, 0.3) is 0 Å². The monoisotopic (exact) mass is 317 g/mol. The van der Waals surface area contributed by atoms with Crippen molar-refractivity contribution in [3.8, 4) is 0 Å². The second-order valence-electron chi connectivity index (χ2n) is 6.40. The molecule has 2 radical (unpaired) electrons. The van der Waals surface area contributed by atoms with Crippen molar-refractivity contribution in [1.29, 1.82) is 0 Å². The molecule has 1 saturated heterocycles. The molecule has 1 aromatic carbocycles. The lowest BCUT2D eigenvalue weighted by Crippen LogP contribution is -2.34. The summed E-state index contributed by atoms with van der Waals surface area (Å²) in [7, 11) is 5.85. The van der Waals surface area contributed by atoms with Crippen LogP contribution in [0.2, 0.25) is 0 Å². The Kier molecular flexibility index (Phi) is 3.96. The molecule has 1 N–H and O–H groups in total. The standard InChI is InChI=1S/C18H20BN5/c1-2-12-10-20-18(21-11-12)24-7-5-13(6-8-24)17-22-15-4-3-14(19)9-16(15)23-17/h3-4,9-11,13H,2,5-8H2,1H3,(H,22,23). The van der Waals surface area contributed by atoms with Crippen molar-refractivity contribution in [3.63, 3.8) is 0 Å². The van der Waals surface area contributed by atoms with Crippen LogP contribution >= 0.6 is 0 Å². The molecule has 0 amide bonds. The number of hydrogen-bond acceptors (Lipinski definition) is 4. The zero-order valence-electron chi connectivity index (χ0n) is 13.9. The van der Waals surface area contributed by atoms with Crippen LogP contribution in [-0.4, -0.2) is 40.9 Å². The van der Waals surface area contributed by atoms with E-state index in [1.807, 2.05) is 30.6 Å². The molecule has 3 heterocycles. The number of aryl methyl sites for hydroxylation is 1. The SMILES string of the molecule is [B]c1ccc2nc(C3CCN(c4ncc(CC)cn4)CC3)[nH]c2c1. The first-order valence-corrected chi connectivity index (χ1v) is 8.54. The lowest BCUT2D eigenvalue weighted by molar-refractivity contribution is 0.484. The number of aromatic nitrogens is 4. The predicted octanol–water partition coefficient (Wildman–Crippen LogP) is 2.09. The van der Waals surface area contributed by atoms with E-state index in [-0.39, 0.29) is 0 Å². The fourth-order valence-corrected chi connectivity index (χ4v) is 3.29. The number of benzene rings is 1. The molecule has 6 heteroatoms. The Labute approximate surface area is 142 Å². The minimum Gasteiger partial charge on any atom is -0.342 e. The van der Waals surface area contributed by atoms with E-state index in [0.717, 1.165) is 60.6 Å². The molecule has 0 bridgehead atoms. The van der Waals surface area contributed by atoms with E-state index in [2.05, 4.69) is 26.8 Å². The van der Waals surface area contributed by atoms with E-state index in [9.17, 15) is 0 Å². The van der Waals surface area contributed by atoms with E-state index < -0.39 is 0 Å². The maximum atomic E-state index is 5.85. The van der Waals surface area contributed by atoms with E-state index in [0.29, 0.717) is 5.92 Å².